The van der Waals surface area contributed by atoms with Crippen molar-refractivity contribution in [1.29, 1.82) is 5.26 Å². The van der Waals surface area contributed by atoms with E-state index < -0.39 is 0 Å². The standard InChI is InChI=1S/C12H15N3S/c1-9-7-15(8-10(2)16-9)12-5-11(6-13)3-4-14-12/h3-5,9-10H,7-8H2,1-2H3. The number of nitrogens with zero attached hydrogens (tertiary/aromatic N) is 3. The molecule has 0 N–H and O–H groups in total. The van der Waals surface area contributed by atoms with Gasteiger partial charge in [0.1, 0.15) is 5.82 Å². The van der Waals surface area contributed by atoms with Crippen LogP contribution in [-0.4, -0.2) is 28.6 Å². The molecule has 1 aliphatic rings. The lowest BCUT2D eigenvalue weighted by molar-refractivity contribution is 0.718. The van der Waals surface area contributed by atoms with Crippen LogP contribution < -0.4 is 4.90 Å². The summed E-state index contributed by atoms with van der Waals surface area (Å²) < 4.78 is 0. The van der Waals surface area contributed by atoms with Crippen molar-refractivity contribution in [3.8, 4) is 6.07 Å². The number of pyridine rings is 1. The number of nitriles is 1. The van der Waals surface area contributed by atoms with Gasteiger partial charge in [-0.2, -0.15) is 17.0 Å². The van der Waals surface area contributed by atoms with E-state index in [0.29, 0.717) is 16.1 Å². The first-order valence-corrected chi connectivity index (χ1v) is 6.40. The van der Waals surface area contributed by atoms with Crippen molar-refractivity contribution in [2.24, 2.45) is 0 Å². The minimum Gasteiger partial charge on any atom is -0.354 e. The van der Waals surface area contributed by atoms with E-state index in [2.05, 4.69) is 29.8 Å². The molecule has 2 rings (SSSR count). The van der Waals surface area contributed by atoms with E-state index in [-0.39, 0.29) is 0 Å². The normalized spacial score (nSPS) is 25.2. The maximum Gasteiger partial charge on any atom is 0.129 e. The largest absolute Gasteiger partial charge is 0.354 e. The van der Waals surface area contributed by atoms with Gasteiger partial charge in [0.05, 0.1) is 11.6 Å². The lowest BCUT2D eigenvalue weighted by Gasteiger charge is -2.35. The van der Waals surface area contributed by atoms with Crippen molar-refractivity contribution < 1.29 is 0 Å². The molecule has 4 heteroatoms. The van der Waals surface area contributed by atoms with Crippen LogP contribution in [-0.2, 0) is 0 Å². The molecule has 1 fully saturated rings. The molecule has 2 atom stereocenters. The number of anilines is 1. The molecule has 0 saturated carbocycles. The molecule has 1 aliphatic heterocycles. The molecule has 0 aliphatic carbocycles. The average Bonchev–Trinajstić information content (AvgIpc) is 2.28. The third-order valence-corrected chi connectivity index (χ3v) is 3.85. The van der Waals surface area contributed by atoms with E-state index in [0.717, 1.165) is 18.9 Å². The summed E-state index contributed by atoms with van der Waals surface area (Å²) >= 11 is 2.02. The zero-order valence-electron chi connectivity index (χ0n) is 9.55. The molecule has 16 heavy (non-hydrogen) atoms. The summed E-state index contributed by atoms with van der Waals surface area (Å²) in [4.78, 5) is 6.62. The summed E-state index contributed by atoms with van der Waals surface area (Å²) in [7, 11) is 0. The molecule has 0 spiro atoms. The second-order valence-electron chi connectivity index (χ2n) is 4.18. The molecular weight excluding hydrogens is 218 g/mol. The van der Waals surface area contributed by atoms with Crippen LogP contribution in [0.1, 0.15) is 19.4 Å². The Morgan fingerprint density at radius 2 is 2.12 bits per heavy atom. The van der Waals surface area contributed by atoms with Gasteiger partial charge in [0.2, 0.25) is 0 Å². The molecular formula is C12H15N3S. The molecule has 1 aromatic rings. The molecule has 3 nitrogen and oxygen atoms in total. The molecule has 1 saturated heterocycles. The number of hydrogen-bond acceptors (Lipinski definition) is 4. The fourth-order valence-corrected chi connectivity index (χ4v) is 3.35. The summed E-state index contributed by atoms with van der Waals surface area (Å²) in [6.07, 6.45) is 1.71. The Morgan fingerprint density at radius 1 is 1.44 bits per heavy atom. The first-order chi connectivity index (χ1) is 7.69. The number of hydrogen-bond donors (Lipinski definition) is 0. The van der Waals surface area contributed by atoms with Crippen LogP contribution in [0.5, 0.6) is 0 Å². The Kier molecular flexibility index (Phi) is 3.35. The van der Waals surface area contributed by atoms with Crippen molar-refractivity contribution in [3.63, 3.8) is 0 Å². The highest BCUT2D eigenvalue weighted by Gasteiger charge is 2.23. The number of thioether (sulfide) groups is 1. The van der Waals surface area contributed by atoms with Crippen LogP contribution in [0.2, 0.25) is 0 Å². The third-order valence-electron chi connectivity index (χ3n) is 2.62. The average molecular weight is 233 g/mol. The van der Waals surface area contributed by atoms with Gasteiger partial charge >= 0.3 is 0 Å². The topological polar surface area (TPSA) is 39.9 Å². The van der Waals surface area contributed by atoms with Crippen molar-refractivity contribution >= 4 is 17.6 Å². The van der Waals surface area contributed by atoms with Crippen LogP contribution in [0.15, 0.2) is 18.3 Å². The van der Waals surface area contributed by atoms with E-state index in [1.54, 1.807) is 12.3 Å². The third kappa shape index (κ3) is 2.48. The van der Waals surface area contributed by atoms with Crippen molar-refractivity contribution in [2.75, 3.05) is 18.0 Å². The minimum absolute atomic E-state index is 0.622. The van der Waals surface area contributed by atoms with Gasteiger partial charge in [-0.25, -0.2) is 4.98 Å². The van der Waals surface area contributed by atoms with Crippen molar-refractivity contribution in [3.05, 3.63) is 23.9 Å². The fraction of sp³-hybridized carbons (Fsp3) is 0.500. The highest BCUT2D eigenvalue weighted by Crippen LogP contribution is 2.27. The second-order valence-corrected chi connectivity index (χ2v) is 6.06. The molecule has 84 valence electrons. The Morgan fingerprint density at radius 3 is 2.75 bits per heavy atom. The predicted octanol–water partition coefficient (Wildman–Crippen LogP) is 2.28. The Hall–Kier alpha value is -1.21. The van der Waals surface area contributed by atoms with Gasteiger partial charge in [-0.3, -0.25) is 0 Å². The monoisotopic (exact) mass is 233 g/mol. The Labute approximate surface area is 100 Å². The predicted molar refractivity (Wildman–Crippen MR) is 67.7 cm³/mol. The molecule has 1 aromatic heterocycles. The lowest BCUT2D eigenvalue weighted by atomic mass is 10.2. The quantitative estimate of drug-likeness (QED) is 0.746. The van der Waals surface area contributed by atoms with E-state index in [4.69, 9.17) is 5.26 Å². The van der Waals surface area contributed by atoms with Gasteiger partial charge in [-0.1, -0.05) is 13.8 Å². The van der Waals surface area contributed by atoms with Crippen LogP contribution in [0.4, 0.5) is 5.82 Å². The van der Waals surface area contributed by atoms with Crippen LogP contribution in [0.3, 0.4) is 0 Å². The maximum absolute atomic E-state index is 8.86. The molecule has 0 aromatic carbocycles. The van der Waals surface area contributed by atoms with E-state index in [1.807, 2.05) is 17.8 Å². The van der Waals surface area contributed by atoms with Gasteiger partial charge in [-0.05, 0) is 12.1 Å². The Bertz CT molecular complexity index is 403. The zero-order chi connectivity index (χ0) is 11.5. The van der Waals surface area contributed by atoms with Crippen molar-refractivity contribution in [2.45, 2.75) is 24.3 Å². The summed E-state index contributed by atoms with van der Waals surface area (Å²) in [5, 5.41) is 10.1. The molecule has 0 radical (unpaired) electrons. The summed E-state index contributed by atoms with van der Waals surface area (Å²) in [6.45, 7) is 6.50. The first-order valence-electron chi connectivity index (χ1n) is 5.45. The Balaban J connectivity index is 2.20. The minimum atomic E-state index is 0.622. The van der Waals surface area contributed by atoms with Crippen LogP contribution in [0.25, 0.3) is 0 Å². The first kappa shape index (κ1) is 11.3. The molecule has 0 amide bonds. The highest BCUT2D eigenvalue weighted by atomic mass is 32.2. The van der Waals surface area contributed by atoms with Gasteiger partial charge in [0.15, 0.2) is 0 Å². The van der Waals surface area contributed by atoms with E-state index in [9.17, 15) is 0 Å². The zero-order valence-corrected chi connectivity index (χ0v) is 10.4. The smallest absolute Gasteiger partial charge is 0.129 e. The van der Waals surface area contributed by atoms with Crippen LogP contribution in [0, 0.1) is 11.3 Å². The van der Waals surface area contributed by atoms with E-state index in [1.165, 1.54) is 0 Å². The number of rotatable bonds is 1. The molecule has 0 bridgehead atoms. The lowest BCUT2D eigenvalue weighted by Crippen LogP contribution is -2.40. The summed E-state index contributed by atoms with van der Waals surface area (Å²) in [6, 6.07) is 5.77. The van der Waals surface area contributed by atoms with Gasteiger partial charge in [-0.15, -0.1) is 0 Å². The van der Waals surface area contributed by atoms with Gasteiger partial charge < -0.3 is 4.90 Å². The molecule has 2 unspecified atom stereocenters. The second kappa shape index (κ2) is 4.75. The highest BCUT2D eigenvalue weighted by molar-refractivity contribution is 8.00. The van der Waals surface area contributed by atoms with Crippen LogP contribution >= 0.6 is 11.8 Å². The summed E-state index contributed by atoms with van der Waals surface area (Å²) in [5.41, 5.74) is 0.684. The van der Waals surface area contributed by atoms with Crippen molar-refractivity contribution in [1.82, 2.24) is 4.98 Å². The molecule has 2 heterocycles. The summed E-state index contributed by atoms with van der Waals surface area (Å²) in [5.74, 6) is 0.929. The SMILES string of the molecule is CC1CN(c2cc(C#N)ccn2)CC(C)S1. The van der Waals surface area contributed by atoms with E-state index >= 15 is 0 Å². The number of aromatic nitrogens is 1. The van der Waals surface area contributed by atoms with Gasteiger partial charge in [0, 0.05) is 29.8 Å². The fourth-order valence-electron chi connectivity index (χ4n) is 2.03. The van der Waals surface area contributed by atoms with Gasteiger partial charge in [0.25, 0.3) is 0 Å². The maximum atomic E-state index is 8.86.